The first-order valence-electron chi connectivity index (χ1n) is 6.60. The number of anilines is 1. The minimum absolute atomic E-state index is 0.338. The molecule has 2 aromatic rings. The molecular weight excluding hydrogens is 300 g/mol. The van der Waals surface area contributed by atoms with Crippen molar-refractivity contribution in [1.29, 1.82) is 0 Å². The van der Waals surface area contributed by atoms with Crippen LogP contribution in [0.2, 0.25) is 0 Å². The van der Waals surface area contributed by atoms with Crippen molar-refractivity contribution in [3.63, 3.8) is 0 Å². The van der Waals surface area contributed by atoms with E-state index in [1.54, 1.807) is 36.4 Å². The number of hydrogen-bond acceptors (Lipinski definition) is 5. The molecule has 120 valence electrons. The van der Waals surface area contributed by atoms with Crippen LogP contribution in [0.25, 0.3) is 0 Å². The van der Waals surface area contributed by atoms with Gasteiger partial charge in [0.25, 0.3) is 5.91 Å². The van der Waals surface area contributed by atoms with Crippen molar-refractivity contribution in [2.75, 3.05) is 19.2 Å². The maximum absolute atomic E-state index is 12.6. The van der Waals surface area contributed by atoms with Gasteiger partial charge in [0.05, 0.1) is 26.1 Å². The van der Waals surface area contributed by atoms with E-state index in [0.29, 0.717) is 22.9 Å². The molecule has 0 atom stereocenters. The predicted octanol–water partition coefficient (Wildman–Crippen LogP) is 1.33. The van der Waals surface area contributed by atoms with Crippen LogP contribution in [0.15, 0.2) is 42.6 Å². The summed E-state index contributed by atoms with van der Waals surface area (Å²) in [4.78, 5) is 27.8. The molecule has 0 aliphatic rings. The summed E-state index contributed by atoms with van der Waals surface area (Å²) in [6.07, 6.45) is 1.39. The molecule has 0 aliphatic heterocycles. The molecule has 1 heterocycles. The Labute approximate surface area is 132 Å². The minimum atomic E-state index is -0.873. The van der Waals surface area contributed by atoms with Crippen molar-refractivity contribution in [1.82, 2.24) is 10.4 Å². The highest BCUT2D eigenvalue weighted by Crippen LogP contribution is 2.18. The van der Waals surface area contributed by atoms with Crippen molar-refractivity contribution in [3.8, 4) is 11.6 Å². The smallest absolute Gasteiger partial charge is 0.331 e. The van der Waals surface area contributed by atoms with Crippen LogP contribution in [-0.4, -0.2) is 31.1 Å². The number of methoxy groups -OCH3 is 2. The molecule has 0 unspecified atom stereocenters. The van der Waals surface area contributed by atoms with E-state index in [0.717, 1.165) is 5.01 Å². The van der Waals surface area contributed by atoms with Gasteiger partial charge in [-0.25, -0.2) is 20.2 Å². The van der Waals surface area contributed by atoms with Crippen LogP contribution in [0, 0.1) is 0 Å². The molecule has 3 N–H and O–H groups in total. The summed E-state index contributed by atoms with van der Waals surface area (Å²) in [5, 5.41) is 1.01. The molecular formula is C15H16N4O4. The molecule has 0 spiro atoms. The average molecular weight is 316 g/mol. The third kappa shape index (κ3) is 3.88. The Hall–Kier alpha value is -3.29. The number of carbonyl (C=O) groups excluding carboxylic acids is 2. The van der Waals surface area contributed by atoms with E-state index >= 15 is 0 Å². The van der Waals surface area contributed by atoms with Gasteiger partial charge in [-0.3, -0.25) is 4.79 Å². The number of primary amides is 1. The standard InChI is InChI=1S/C15H16N4O4/c1-22-12-6-3-10(4-7-12)14(20)19(18-15(16)21)11-5-8-13(23-2)17-9-11/h3-9H,1-2H3,(H3,16,18,21). The Bertz CT molecular complexity index is 686. The number of hydrazine groups is 1. The number of amides is 3. The fourth-order valence-corrected chi connectivity index (χ4v) is 1.83. The van der Waals surface area contributed by atoms with Crippen molar-refractivity contribution >= 4 is 17.6 Å². The molecule has 0 saturated heterocycles. The van der Waals surface area contributed by atoms with Gasteiger partial charge in [0.1, 0.15) is 5.75 Å². The number of nitrogens with two attached hydrogens (primary N) is 1. The van der Waals surface area contributed by atoms with Gasteiger partial charge in [-0.2, -0.15) is 0 Å². The van der Waals surface area contributed by atoms with Gasteiger partial charge in [0.2, 0.25) is 5.88 Å². The zero-order chi connectivity index (χ0) is 16.8. The first kappa shape index (κ1) is 16.1. The van der Waals surface area contributed by atoms with Crippen LogP contribution in [0.4, 0.5) is 10.5 Å². The third-order valence-electron chi connectivity index (χ3n) is 2.95. The average Bonchev–Trinajstić information content (AvgIpc) is 2.59. The molecule has 23 heavy (non-hydrogen) atoms. The summed E-state index contributed by atoms with van der Waals surface area (Å²) in [7, 11) is 3.00. The SMILES string of the molecule is COc1ccc(C(=O)N(NC(N)=O)c2ccc(OC)nc2)cc1. The van der Waals surface area contributed by atoms with Crippen LogP contribution >= 0.6 is 0 Å². The molecule has 2 rings (SSSR count). The van der Waals surface area contributed by atoms with Crippen molar-refractivity contribution in [3.05, 3.63) is 48.2 Å². The lowest BCUT2D eigenvalue weighted by Gasteiger charge is -2.22. The van der Waals surface area contributed by atoms with Gasteiger partial charge in [-0.15, -0.1) is 0 Å². The zero-order valence-corrected chi connectivity index (χ0v) is 12.6. The van der Waals surface area contributed by atoms with Gasteiger partial charge in [-0.1, -0.05) is 0 Å². The zero-order valence-electron chi connectivity index (χ0n) is 12.6. The summed E-state index contributed by atoms with van der Waals surface area (Å²) in [6.45, 7) is 0. The fraction of sp³-hybridized carbons (Fsp3) is 0.133. The second-order valence-corrected chi connectivity index (χ2v) is 4.40. The first-order valence-corrected chi connectivity index (χ1v) is 6.60. The van der Waals surface area contributed by atoms with E-state index in [2.05, 4.69) is 10.4 Å². The minimum Gasteiger partial charge on any atom is -0.497 e. The maximum Gasteiger partial charge on any atom is 0.331 e. The Balaban J connectivity index is 2.31. The molecule has 0 bridgehead atoms. The maximum atomic E-state index is 12.6. The topological polar surface area (TPSA) is 107 Å². The lowest BCUT2D eigenvalue weighted by Crippen LogP contribution is -2.48. The number of nitrogens with zero attached hydrogens (tertiary/aromatic N) is 2. The number of urea groups is 1. The largest absolute Gasteiger partial charge is 0.497 e. The highest BCUT2D eigenvalue weighted by Gasteiger charge is 2.20. The first-order chi connectivity index (χ1) is 11.0. The van der Waals surface area contributed by atoms with E-state index in [9.17, 15) is 9.59 Å². The third-order valence-corrected chi connectivity index (χ3v) is 2.95. The van der Waals surface area contributed by atoms with Gasteiger partial charge in [-0.05, 0) is 30.3 Å². The molecule has 1 aromatic carbocycles. The Kier molecular flexibility index (Phi) is 4.98. The van der Waals surface area contributed by atoms with Crippen molar-refractivity contribution < 1.29 is 19.1 Å². The molecule has 1 aromatic heterocycles. The highest BCUT2D eigenvalue weighted by molar-refractivity contribution is 6.07. The quantitative estimate of drug-likeness (QED) is 0.828. The Morgan fingerprint density at radius 1 is 1.09 bits per heavy atom. The van der Waals surface area contributed by atoms with Crippen LogP contribution < -0.4 is 25.6 Å². The number of hydrogen-bond donors (Lipinski definition) is 2. The summed E-state index contributed by atoms with van der Waals surface area (Å²) in [5.41, 5.74) is 8.09. The lowest BCUT2D eigenvalue weighted by atomic mass is 10.2. The van der Waals surface area contributed by atoms with Gasteiger partial charge in [0, 0.05) is 11.6 Å². The number of aromatic nitrogens is 1. The van der Waals surface area contributed by atoms with Crippen molar-refractivity contribution in [2.24, 2.45) is 5.73 Å². The second-order valence-electron chi connectivity index (χ2n) is 4.40. The Morgan fingerprint density at radius 2 is 1.78 bits per heavy atom. The fourth-order valence-electron chi connectivity index (χ4n) is 1.83. The molecule has 0 saturated carbocycles. The van der Waals surface area contributed by atoms with E-state index in [1.165, 1.54) is 20.4 Å². The summed E-state index contributed by atoms with van der Waals surface area (Å²) < 4.78 is 10.0. The van der Waals surface area contributed by atoms with Gasteiger partial charge >= 0.3 is 6.03 Å². The predicted molar refractivity (Wildman–Crippen MR) is 83.3 cm³/mol. The number of pyridine rings is 1. The van der Waals surface area contributed by atoms with E-state index < -0.39 is 11.9 Å². The molecule has 3 amide bonds. The monoisotopic (exact) mass is 316 g/mol. The molecule has 0 radical (unpaired) electrons. The summed E-state index contributed by atoms with van der Waals surface area (Å²) in [6, 6.07) is 8.70. The van der Waals surface area contributed by atoms with Gasteiger partial charge in [0.15, 0.2) is 0 Å². The molecule has 8 nitrogen and oxygen atoms in total. The Morgan fingerprint density at radius 3 is 2.26 bits per heavy atom. The molecule has 8 heteroatoms. The van der Waals surface area contributed by atoms with Crippen LogP contribution in [0.5, 0.6) is 11.6 Å². The van der Waals surface area contributed by atoms with Crippen LogP contribution in [0.1, 0.15) is 10.4 Å². The summed E-state index contributed by atoms with van der Waals surface area (Å²) in [5.74, 6) is 0.519. The van der Waals surface area contributed by atoms with Crippen LogP contribution in [-0.2, 0) is 0 Å². The van der Waals surface area contributed by atoms with Gasteiger partial charge < -0.3 is 15.2 Å². The number of benzene rings is 1. The molecule has 0 fully saturated rings. The van der Waals surface area contributed by atoms with E-state index in [-0.39, 0.29) is 0 Å². The van der Waals surface area contributed by atoms with E-state index in [4.69, 9.17) is 15.2 Å². The number of ether oxygens (including phenoxy) is 2. The number of rotatable bonds is 4. The number of nitrogens with one attached hydrogen (secondary N) is 1. The lowest BCUT2D eigenvalue weighted by molar-refractivity contribution is 0.0976. The highest BCUT2D eigenvalue weighted by atomic mass is 16.5. The number of carbonyl (C=O) groups is 2. The normalized spacial score (nSPS) is 9.83. The van der Waals surface area contributed by atoms with Crippen LogP contribution in [0.3, 0.4) is 0 Å². The summed E-state index contributed by atoms with van der Waals surface area (Å²) >= 11 is 0. The van der Waals surface area contributed by atoms with Crippen molar-refractivity contribution in [2.45, 2.75) is 0 Å². The van der Waals surface area contributed by atoms with E-state index in [1.807, 2.05) is 0 Å². The molecule has 0 aliphatic carbocycles. The second kappa shape index (κ2) is 7.12.